The van der Waals surface area contributed by atoms with Gasteiger partial charge in [0.1, 0.15) is 0 Å². The standard InChI is InChI=1S/C11H11N3O/c1-8-10(9-6-4-3-5-7-9)12-11(15-2)14-13-8/h3-7H,1-2H3. The zero-order valence-corrected chi connectivity index (χ0v) is 8.64. The molecule has 0 aliphatic rings. The van der Waals surface area contributed by atoms with Gasteiger partial charge in [0, 0.05) is 5.56 Å². The summed E-state index contributed by atoms with van der Waals surface area (Å²) in [5.74, 6) is 0. The van der Waals surface area contributed by atoms with Gasteiger partial charge < -0.3 is 4.74 Å². The van der Waals surface area contributed by atoms with Crippen molar-refractivity contribution >= 4 is 0 Å². The van der Waals surface area contributed by atoms with E-state index in [2.05, 4.69) is 15.2 Å². The van der Waals surface area contributed by atoms with E-state index >= 15 is 0 Å². The number of ether oxygens (including phenoxy) is 1. The summed E-state index contributed by atoms with van der Waals surface area (Å²) in [4.78, 5) is 4.27. The van der Waals surface area contributed by atoms with Crippen molar-refractivity contribution in [1.82, 2.24) is 15.2 Å². The van der Waals surface area contributed by atoms with Crippen LogP contribution in [0.2, 0.25) is 0 Å². The molecule has 0 unspecified atom stereocenters. The summed E-state index contributed by atoms with van der Waals surface area (Å²) in [5, 5.41) is 7.79. The van der Waals surface area contributed by atoms with Crippen LogP contribution in [0.25, 0.3) is 11.3 Å². The number of hydrogen-bond donors (Lipinski definition) is 0. The number of nitrogens with zero attached hydrogens (tertiary/aromatic N) is 3. The smallest absolute Gasteiger partial charge is 0.335 e. The van der Waals surface area contributed by atoms with Gasteiger partial charge in [0.25, 0.3) is 0 Å². The summed E-state index contributed by atoms with van der Waals surface area (Å²) in [6, 6.07) is 10.1. The van der Waals surface area contributed by atoms with Crippen LogP contribution in [-0.4, -0.2) is 22.3 Å². The monoisotopic (exact) mass is 201 g/mol. The van der Waals surface area contributed by atoms with Crippen molar-refractivity contribution < 1.29 is 4.74 Å². The molecule has 0 atom stereocenters. The first kappa shape index (κ1) is 9.58. The molecule has 4 heteroatoms. The Bertz CT molecular complexity index is 457. The maximum absolute atomic E-state index is 4.95. The van der Waals surface area contributed by atoms with Crippen LogP contribution in [0.1, 0.15) is 5.69 Å². The maximum Gasteiger partial charge on any atom is 0.335 e. The molecule has 0 radical (unpaired) electrons. The molecule has 0 fully saturated rings. The van der Waals surface area contributed by atoms with Crippen LogP contribution in [0.4, 0.5) is 0 Å². The lowest BCUT2D eigenvalue weighted by atomic mass is 10.1. The van der Waals surface area contributed by atoms with Gasteiger partial charge in [-0.05, 0) is 6.92 Å². The van der Waals surface area contributed by atoms with Crippen molar-refractivity contribution in [2.45, 2.75) is 6.92 Å². The largest absolute Gasteiger partial charge is 0.466 e. The molecule has 2 rings (SSSR count). The van der Waals surface area contributed by atoms with Gasteiger partial charge in [0.15, 0.2) is 0 Å². The summed E-state index contributed by atoms with van der Waals surface area (Å²) in [7, 11) is 1.53. The van der Waals surface area contributed by atoms with E-state index in [4.69, 9.17) is 4.74 Å². The molecule has 0 saturated carbocycles. The Kier molecular flexibility index (Phi) is 2.58. The highest BCUT2D eigenvalue weighted by atomic mass is 16.5. The van der Waals surface area contributed by atoms with Crippen LogP contribution in [0.15, 0.2) is 30.3 Å². The van der Waals surface area contributed by atoms with E-state index in [0.29, 0.717) is 6.01 Å². The van der Waals surface area contributed by atoms with Crippen molar-refractivity contribution in [2.24, 2.45) is 0 Å². The lowest BCUT2D eigenvalue weighted by Gasteiger charge is -2.04. The second-order valence-corrected chi connectivity index (χ2v) is 3.10. The molecule has 0 saturated heterocycles. The van der Waals surface area contributed by atoms with Crippen LogP contribution in [0, 0.1) is 6.92 Å². The van der Waals surface area contributed by atoms with Crippen molar-refractivity contribution in [3.63, 3.8) is 0 Å². The van der Waals surface area contributed by atoms with Gasteiger partial charge in [-0.1, -0.05) is 35.4 Å². The quantitative estimate of drug-likeness (QED) is 0.744. The Morgan fingerprint density at radius 1 is 1.07 bits per heavy atom. The van der Waals surface area contributed by atoms with Crippen LogP contribution < -0.4 is 4.74 Å². The SMILES string of the molecule is COc1nnc(C)c(-c2ccccc2)n1. The van der Waals surface area contributed by atoms with Crippen molar-refractivity contribution in [1.29, 1.82) is 0 Å². The number of aryl methyl sites for hydroxylation is 1. The van der Waals surface area contributed by atoms with Crippen LogP contribution in [-0.2, 0) is 0 Å². The fourth-order valence-electron chi connectivity index (χ4n) is 1.32. The molecule has 0 aliphatic carbocycles. The average molecular weight is 201 g/mol. The minimum atomic E-state index is 0.291. The molecule has 4 nitrogen and oxygen atoms in total. The lowest BCUT2D eigenvalue weighted by molar-refractivity contribution is 0.373. The van der Waals surface area contributed by atoms with Gasteiger partial charge in [0.2, 0.25) is 0 Å². The first-order valence-corrected chi connectivity index (χ1v) is 4.62. The molecule has 1 aromatic heterocycles. The number of hydrogen-bond acceptors (Lipinski definition) is 4. The fraction of sp³-hybridized carbons (Fsp3) is 0.182. The molecule has 0 amide bonds. The minimum Gasteiger partial charge on any atom is -0.466 e. The number of aromatic nitrogens is 3. The van der Waals surface area contributed by atoms with Crippen LogP contribution >= 0.6 is 0 Å². The van der Waals surface area contributed by atoms with Crippen molar-refractivity contribution in [3.8, 4) is 17.3 Å². The minimum absolute atomic E-state index is 0.291. The summed E-state index contributed by atoms with van der Waals surface area (Å²) >= 11 is 0. The summed E-state index contributed by atoms with van der Waals surface area (Å²) in [6.07, 6.45) is 0. The molecule has 0 N–H and O–H groups in total. The first-order chi connectivity index (χ1) is 7.31. The maximum atomic E-state index is 4.95. The van der Waals surface area contributed by atoms with Gasteiger partial charge in [-0.15, -0.1) is 5.10 Å². The predicted molar refractivity (Wildman–Crippen MR) is 56.6 cm³/mol. The highest BCUT2D eigenvalue weighted by molar-refractivity contribution is 5.60. The Morgan fingerprint density at radius 2 is 1.80 bits per heavy atom. The molecular formula is C11H11N3O. The van der Waals surface area contributed by atoms with E-state index in [1.54, 1.807) is 0 Å². The predicted octanol–water partition coefficient (Wildman–Crippen LogP) is 1.86. The van der Waals surface area contributed by atoms with Gasteiger partial charge in [0.05, 0.1) is 18.5 Å². The summed E-state index contributed by atoms with van der Waals surface area (Å²) in [6.45, 7) is 1.88. The topological polar surface area (TPSA) is 47.9 Å². The van der Waals surface area contributed by atoms with E-state index in [9.17, 15) is 0 Å². The molecule has 2 aromatic rings. The van der Waals surface area contributed by atoms with Crippen molar-refractivity contribution in [2.75, 3.05) is 7.11 Å². The molecule has 0 bridgehead atoms. The van der Waals surface area contributed by atoms with Crippen LogP contribution in [0.5, 0.6) is 6.01 Å². The molecule has 15 heavy (non-hydrogen) atoms. The Balaban J connectivity index is 2.52. The second kappa shape index (κ2) is 4.04. The zero-order chi connectivity index (χ0) is 10.7. The van der Waals surface area contributed by atoms with Gasteiger partial charge in [-0.25, -0.2) is 0 Å². The number of benzene rings is 1. The normalized spacial score (nSPS) is 10.0. The molecule has 1 aromatic carbocycles. The van der Waals surface area contributed by atoms with E-state index in [0.717, 1.165) is 17.0 Å². The summed E-state index contributed by atoms with van der Waals surface area (Å²) in [5.41, 5.74) is 2.62. The van der Waals surface area contributed by atoms with Gasteiger partial charge >= 0.3 is 6.01 Å². The molecule has 0 aliphatic heterocycles. The average Bonchev–Trinajstić information content (AvgIpc) is 2.31. The third-order valence-corrected chi connectivity index (χ3v) is 2.07. The number of rotatable bonds is 2. The summed E-state index contributed by atoms with van der Waals surface area (Å²) < 4.78 is 4.95. The molecular weight excluding hydrogens is 190 g/mol. The van der Waals surface area contributed by atoms with Gasteiger partial charge in [-0.2, -0.15) is 4.98 Å². The third kappa shape index (κ3) is 1.93. The van der Waals surface area contributed by atoms with E-state index < -0.39 is 0 Å². The van der Waals surface area contributed by atoms with E-state index in [1.807, 2.05) is 37.3 Å². The zero-order valence-electron chi connectivity index (χ0n) is 8.64. The van der Waals surface area contributed by atoms with Crippen molar-refractivity contribution in [3.05, 3.63) is 36.0 Å². The Morgan fingerprint density at radius 3 is 2.47 bits per heavy atom. The third-order valence-electron chi connectivity index (χ3n) is 2.07. The molecule has 1 heterocycles. The van der Waals surface area contributed by atoms with Crippen LogP contribution in [0.3, 0.4) is 0 Å². The molecule has 0 spiro atoms. The van der Waals surface area contributed by atoms with E-state index in [1.165, 1.54) is 7.11 Å². The Labute approximate surface area is 88.0 Å². The second-order valence-electron chi connectivity index (χ2n) is 3.10. The highest BCUT2D eigenvalue weighted by Gasteiger charge is 2.07. The number of methoxy groups -OCH3 is 1. The fourth-order valence-corrected chi connectivity index (χ4v) is 1.32. The molecule has 76 valence electrons. The lowest BCUT2D eigenvalue weighted by Crippen LogP contribution is -1.99. The highest BCUT2D eigenvalue weighted by Crippen LogP contribution is 2.19. The Hall–Kier alpha value is -1.97. The van der Waals surface area contributed by atoms with E-state index in [-0.39, 0.29) is 0 Å². The van der Waals surface area contributed by atoms with Gasteiger partial charge in [-0.3, -0.25) is 0 Å². The first-order valence-electron chi connectivity index (χ1n) is 4.62.